The van der Waals surface area contributed by atoms with Crippen molar-refractivity contribution in [1.82, 2.24) is 5.32 Å². The SMILES string of the molecule is COC(=O)c1cccc(NC(=O)C(=Cc2ccc(OC)cc2)NC(=O)c2ccc(Br)cc2)c1. The van der Waals surface area contributed by atoms with Crippen LogP contribution in [-0.2, 0) is 9.53 Å². The number of anilines is 1. The minimum absolute atomic E-state index is 0.0246. The molecule has 0 radical (unpaired) electrons. The third-order valence-electron chi connectivity index (χ3n) is 4.57. The third kappa shape index (κ3) is 6.54. The van der Waals surface area contributed by atoms with Crippen molar-refractivity contribution >= 4 is 45.5 Å². The van der Waals surface area contributed by atoms with Crippen LogP contribution in [0.2, 0.25) is 0 Å². The Kier molecular flexibility index (Phi) is 7.99. The lowest BCUT2D eigenvalue weighted by Crippen LogP contribution is -2.30. The fourth-order valence-corrected chi connectivity index (χ4v) is 3.13. The van der Waals surface area contributed by atoms with Crippen LogP contribution in [0.15, 0.2) is 83.0 Å². The standard InChI is InChI=1S/C25H21BrN2O5/c1-32-21-12-6-16(7-13-21)14-22(28-23(29)17-8-10-19(26)11-9-17)24(30)27-20-5-3-4-18(15-20)25(31)33-2/h3-15H,1-2H3,(H,27,30)(H,28,29). The molecule has 0 aliphatic carbocycles. The van der Waals surface area contributed by atoms with Crippen LogP contribution in [-0.4, -0.2) is 32.0 Å². The van der Waals surface area contributed by atoms with E-state index < -0.39 is 17.8 Å². The number of benzene rings is 3. The van der Waals surface area contributed by atoms with Gasteiger partial charge in [0.25, 0.3) is 11.8 Å². The molecule has 0 aromatic heterocycles. The fourth-order valence-electron chi connectivity index (χ4n) is 2.86. The summed E-state index contributed by atoms with van der Waals surface area (Å²) in [6.45, 7) is 0. The maximum Gasteiger partial charge on any atom is 0.337 e. The Morgan fingerprint density at radius 3 is 2.21 bits per heavy atom. The van der Waals surface area contributed by atoms with Crippen molar-refractivity contribution in [3.8, 4) is 5.75 Å². The van der Waals surface area contributed by atoms with Gasteiger partial charge >= 0.3 is 5.97 Å². The molecule has 0 aliphatic rings. The zero-order valence-electron chi connectivity index (χ0n) is 17.9. The van der Waals surface area contributed by atoms with E-state index in [1.807, 2.05) is 0 Å². The van der Waals surface area contributed by atoms with Gasteiger partial charge in [0.05, 0.1) is 19.8 Å². The molecule has 0 saturated carbocycles. The van der Waals surface area contributed by atoms with Gasteiger partial charge in [0.2, 0.25) is 0 Å². The smallest absolute Gasteiger partial charge is 0.337 e. The highest BCUT2D eigenvalue weighted by molar-refractivity contribution is 9.10. The summed E-state index contributed by atoms with van der Waals surface area (Å²) in [5.41, 5.74) is 1.76. The van der Waals surface area contributed by atoms with Crippen LogP contribution in [0.3, 0.4) is 0 Å². The summed E-state index contributed by atoms with van der Waals surface area (Å²) in [4.78, 5) is 37.6. The predicted molar refractivity (Wildman–Crippen MR) is 129 cm³/mol. The molecule has 8 heteroatoms. The Balaban J connectivity index is 1.89. The van der Waals surface area contributed by atoms with E-state index in [9.17, 15) is 14.4 Å². The normalized spacial score (nSPS) is 10.8. The number of nitrogens with one attached hydrogen (secondary N) is 2. The molecule has 0 aliphatic heterocycles. The molecular formula is C25H21BrN2O5. The summed E-state index contributed by atoms with van der Waals surface area (Å²) in [7, 11) is 2.84. The predicted octanol–water partition coefficient (Wildman–Crippen LogP) is 4.65. The molecule has 7 nitrogen and oxygen atoms in total. The molecule has 0 fully saturated rings. The number of esters is 1. The van der Waals surface area contributed by atoms with Gasteiger partial charge < -0.3 is 20.1 Å². The molecular weight excluding hydrogens is 488 g/mol. The van der Waals surface area contributed by atoms with Crippen molar-refractivity contribution in [2.75, 3.05) is 19.5 Å². The Hall–Kier alpha value is -3.91. The quantitative estimate of drug-likeness (QED) is 0.357. The molecule has 33 heavy (non-hydrogen) atoms. The molecule has 0 heterocycles. The van der Waals surface area contributed by atoms with E-state index >= 15 is 0 Å². The van der Waals surface area contributed by atoms with E-state index in [0.717, 1.165) is 4.47 Å². The lowest BCUT2D eigenvalue weighted by atomic mass is 10.1. The number of methoxy groups -OCH3 is 2. The average Bonchev–Trinajstić information content (AvgIpc) is 2.84. The number of amides is 2. The second-order valence-corrected chi connectivity index (χ2v) is 7.73. The van der Waals surface area contributed by atoms with E-state index in [4.69, 9.17) is 9.47 Å². The number of rotatable bonds is 7. The van der Waals surface area contributed by atoms with Crippen molar-refractivity contribution in [3.05, 3.63) is 99.7 Å². The molecule has 168 valence electrons. The van der Waals surface area contributed by atoms with E-state index in [-0.39, 0.29) is 11.3 Å². The number of hydrogen-bond donors (Lipinski definition) is 2. The lowest BCUT2D eigenvalue weighted by Gasteiger charge is -2.12. The Morgan fingerprint density at radius 1 is 0.879 bits per heavy atom. The number of hydrogen-bond acceptors (Lipinski definition) is 5. The number of halogens is 1. The molecule has 2 N–H and O–H groups in total. The van der Waals surface area contributed by atoms with Gasteiger partial charge in [0.1, 0.15) is 11.4 Å². The van der Waals surface area contributed by atoms with Crippen LogP contribution in [0.5, 0.6) is 5.75 Å². The first-order valence-electron chi connectivity index (χ1n) is 9.82. The molecule has 3 aromatic carbocycles. The van der Waals surface area contributed by atoms with Crippen LogP contribution < -0.4 is 15.4 Å². The molecule has 0 unspecified atom stereocenters. The minimum Gasteiger partial charge on any atom is -0.497 e. The van der Waals surface area contributed by atoms with E-state index in [1.165, 1.54) is 13.2 Å². The molecule has 3 rings (SSSR count). The summed E-state index contributed by atoms with van der Waals surface area (Å²) in [6.07, 6.45) is 1.55. The molecule has 0 atom stereocenters. The maximum absolute atomic E-state index is 13.1. The molecule has 0 saturated heterocycles. The summed E-state index contributed by atoms with van der Waals surface area (Å²) >= 11 is 3.33. The number of carbonyl (C=O) groups excluding carboxylic acids is 3. The molecule has 0 spiro atoms. The van der Waals surface area contributed by atoms with Gasteiger partial charge in [-0.25, -0.2) is 4.79 Å². The fraction of sp³-hybridized carbons (Fsp3) is 0.0800. The highest BCUT2D eigenvalue weighted by atomic mass is 79.9. The van der Waals surface area contributed by atoms with Gasteiger partial charge in [-0.15, -0.1) is 0 Å². The monoisotopic (exact) mass is 508 g/mol. The van der Waals surface area contributed by atoms with Gasteiger partial charge in [-0.3, -0.25) is 9.59 Å². The first kappa shape index (κ1) is 23.7. The highest BCUT2D eigenvalue weighted by Crippen LogP contribution is 2.17. The summed E-state index contributed by atoms with van der Waals surface area (Å²) < 4.78 is 10.7. The Labute approximate surface area is 199 Å². The second kappa shape index (κ2) is 11.1. The highest BCUT2D eigenvalue weighted by Gasteiger charge is 2.16. The van der Waals surface area contributed by atoms with Crippen molar-refractivity contribution in [3.63, 3.8) is 0 Å². The number of ether oxygens (including phenoxy) is 2. The molecule has 3 aromatic rings. The summed E-state index contributed by atoms with van der Waals surface area (Å²) in [6, 6.07) is 20.1. The van der Waals surface area contributed by atoms with Crippen molar-refractivity contribution < 1.29 is 23.9 Å². The zero-order chi connectivity index (χ0) is 23.8. The molecule has 2 amide bonds. The van der Waals surface area contributed by atoms with Gasteiger partial charge in [-0.1, -0.05) is 34.1 Å². The van der Waals surface area contributed by atoms with Crippen LogP contribution >= 0.6 is 15.9 Å². The van der Waals surface area contributed by atoms with Gasteiger partial charge in [0.15, 0.2) is 0 Å². The van der Waals surface area contributed by atoms with Crippen molar-refractivity contribution in [2.45, 2.75) is 0 Å². The summed E-state index contributed by atoms with van der Waals surface area (Å²) in [5.74, 6) is -0.862. The molecule has 0 bridgehead atoms. The topological polar surface area (TPSA) is 93.7 Å². The largest absolute Gasteiger partial charge is 0.497 e. The Bertz CT molecular complexity index is 1190. The average molecular weight is 509 g/mol. The maximum atomic E-state index is 13.1. The Morgan fingerprint density at radius 2 is 1.58 bits per heavy atom. The van der Waals surface area contributed by atoms with Gasteiger partial charge in [0, 0.05) is 15.7 Å². The van der Waals surface area contributed by atoms with E-state index in [2.05, 4.69) is 26.6 Å². The first-order valence-corrected chi connectivity index (χ1v) is 10.6. The van der Waals surface area contributed by atoms with E-state index in [1.54, 1.807) is 79.9 Å². The lowest BCUT2D eigenvalue weighted by molar-refractivity contribution is -0.113. The van der Waals surface area contributed by atoms with E-state index in [0.29, 0.717) is 22.6 Å². The zero-order valence-corrected chi connectivity index (χ0v) is 19.5. The first-order chi connectivity index (χ1) is 15.9. The van der Waals surface area contributed by atoms with Crippen LogP contribution in [0.25, 0.3) is 6.08 Å². The summed E-state index contributed by atoms with van der Waals surface area (Å²) in [5, 5.41) is 5.38. The van der Waals surface area contributed by atoms with Crippen molar-refractivity contribution in [2.24, 2.45) is 0 Å². The number of carbonyl (C=O) groups is 3. The van der Waals surface area contributed by atoms with Crippen LogP contribution in [0.4, 0.5) is 5.69 Å². The van der Waals surface area contributed by atoms with Crippen LogP contribution in [0.1, 0.15) is 26.3 Å². The second-order valence-electron chi connectivity index (χ2n) is 6.82. The van der Waals surface area contributed by atoms with Crippen LogP contribution in [0, 0.1) is 0 Å². The van der Waals surface area contributed by atoms with Gasteiger partial charge in [-0.2, -0.15) is 0 Å². The minimum atomic E-state index is -0.557. The van der Waals surface area contributed by atoms with Crippen molar-refractivity contribution in [1.29, 1.82) is 0 Å². The van der Waals surface area contributed by atoms with Gasteiger partial charge in [-0.05, 0) is 66.2 Å². The third-order valence-corrected chi connectivity index (χ3v) is 5.10.